The lowest BCUT2D eigenvalue weighted by molar-refractivity contribution is -0.0000226. The van der Waals surface area contributed by atoms with Gasteiger partial charge in [0.15, 0.2) is 0 Å². The predicted molar refractivity (Wildman–Crippen MR) is 106 cm³/mol. The summed E-state index contributed by atoms with van der Waals surface area (Å²) in [5, 5.41) is 9.38. The molecular formula is C21H19ClF2N3O3-. The number of carboxylic acids is 1. The molecule has 3 aromatic rings. The standard InChI is InChI=1S/C21H19F2N3O3.ClH/c1-24-6-8-25(9-7-24)19-11-18-15(10-17(19)23)20(27)16(21(28)29)12-26(18)14-4-2-13(22)3-5-14;/h2-5,10-12H,6-9H2,1H3,(H,28,29);1H/p-1. The summed E-state index contributed by atoms with van der Waals surface area (Å²) in [7, 11) is 1.99. The van der Waals surface area contributed by atoms with E-state index >= 15 is 0 Å². The van der Waals surface area contributed by atoms with Crippen molar-refractivity contribution >= 4 is 22.6 Å². The van der Waals surface area contributed by atoms with E-state index in [2.05, 4.69) is 4.90 Å². The quantitative estimate of drug-likeness (QED) is 0.614. The fraction of sp³-hybridized carbons (Fsp3) is 0.238. The van der Waals surface area contributed by atoms with Gasteiger partial charge in [-0.2, -0.15) is 0 Å². The molecule has 4 rings (SSSR count). The summed E-state index contributed by atoms with van der Waals surface area (Å²) in [5.41, 5.74) is -0.0519. The lowest BCUT2D eigenvalue weighted by Crippen LogP contribution is -3.00. The Morgan fingerprint density at radius 1 is 1.03 bits per heavy atom. The van der Waals surface area contributed by atoms with Gasteiger partial charge in [-0.25, -0.2) is 13.6 Å². The van der Waals surface area contributed by atoms with E-state index in [0.29, 0.717) is 30.0 Å². The number of rotatable bonds is 3. The molecule has 1 aliphatic rings. The zero-order chi connectivity index (χ0) is 20.7. The van der Waals surface area contributed by atoms with Gasteiger partial charge in [0.2, 0.25) is 5.43 Å². The summed E-state index contributed by atoms with van der Waals surface area (Å²) >= 11 is 0. The van der Waals surface area contributed by atoms with Crippen LogP contribution >= 0.6 is 0 Å². The molecule has 1 N–H and O–H groups in total. The molecule has 2 aromatic carbocycles. The summed E-state index contributed by atoms with van der Waals surface area (Å²) in [4.78, 5) is 28.2. The summed E-state index contributed by atoms with van der Waals surface area (Å²) in [6, 6.07) is 8.09. The van der Waals surface area contributed by atoms with Crippen molar-refractivity contribution in [2.75, 3.05) is 38.1 Å². The highest BCUT2D eigenvalue weighted by Gasteiger charge is 2.22. The van der Waals surface area contributed by atoms with Gasteiger partial charge in [0.25, 0.3) is 0 Å². The summed E-state index contributed by atoms with van der Waals surface area (Å²) in [6.45, 7) is 2.82. The van der Waals surface area contributed by atoms with Crippen molar-refractivity contribution in [1.82, 2.24) is 9.47 Å². The van der Waals surface area contributed by atoms with Crippen LogP contribution in [-0.4, -0.2) is 53.8 Å². The maximum absolute atomic E-state index is 14.9. The van der Waals surface area contributed by atoms with E-state index in [1.807, 2.05) is 11.9 Å². The molecule has 0 atom stereocenters. The second-order valence-electron chi connectivity index (χ2n) is 7.13. The van der Waals surface area contributed by atoms with E-state index in [4.69, 9.17) is 0 Å². The Morgan fingerprint density at radius 3 is 2.27 bits per heavy atom. The molecule has 6 nitrogen and oxygen atoms in total. The average molecular weight is 435 g/mol. The SMILES string of the molecule is CN1CCN(c2cc3c(cc2F)c(=O)c(C(=O)O)cn3-c2ccc(F)cc2)CC1.[Cl-]. The second-order valence-corrected chi connectivity index (χ2v) is 7.13. The first-order valence-electron chi connectivity index (χ1n) is 9.17. The van der Waals surface area contributed by atoms with Crippen LogP contribution < -0.4 is 22.7 Å². The Balaban J connectivity index is 0.00000256. The highest BCUT2D eigenvalue weighted by atomic mass is 35.5. The zero-order valence-corrected chi connectivity index (χ0v) is 16.9. The molecule has 0 radical (unpaired) electrons. The van der Waals surface area contributed by atoms with Gasteiger partial charge >= 0.3 is 5.97 Å². The minimum absolute atomic E-state index is 0. The topological polar surface area (TPSA) is 65.8 Å². The van der Waals surface area contributed by atoms with Crippen LogP contribution in [0.25, 0.3) is 16.6 Å². The van der Waals surface area contributed by atoms with Crippen LogP contribution in [0.5, 0.6) is 0 Å². The predicted octanol–water partition coefficient (Wildman–Crippen LogP) is -0.277. The number of aromatic carboxylic acids is 1. The minimum Gasteiger partial charge on any atom is -1.00 e. The van der Waals surface area contributed by atoms with Crippen LogP contribution in [0.1, 0.15) is 10.4 Å². The highest BCUT2D eigenvalue weighted by Crippen LogP contribution is 2.28. The lowest BCUT2D eigenvalue weighted by atomic mass is 10.1. The largest absolute Gasteiger partial charge is 1.00 e. The fourth-order valence-electron chi connectivity index (χ4n) is 3.59. The number of hydrogen-bond donors (Lipinski definition) is 1. The van der Waals surface area contributed by atoms with Crippen molar-refractivity contribution in [2.24, 2.45) is 0 Å². The van der Waals surface area contributed by atoms with Gasteiger partial charge in [0.1, 0.15) is 17.2 Å². The third kappa shape index (κ3) is 3.88. The van der Waals surface area contributed by atoms with Crippen LogP contribution in [0.15, 0.2) is 47.4 Å². The third-order valence-electron chi connectivity index (χ3n) is 5.25. The molecule has 9 heteroatoms. The molecule has 1 saturated heterocycles. The Labute approximate surface area is 177 Å². The highest BCUT2D eigenvalue weighted by molar-refractivity contribution is 5.94. The molecule has 2 heterocycles. The van der Waals surface area contributed by atoms with Crippen molar-refractivity contribution in [3.8, 4) is 5.69 Å². The summed E-state index contributed by atoms with van der Waals surface area (Å²) < 4.78 is 29.8. The third-order valence-corrected chi connectivity index (χ3v) is 5.25. The summed E-state index contributed by atoms with van der Waals surface area (Å²) in [6.07, 6.45) is 1.20. The van der Waals surface area contributed by atoms with E-state index in [1.165, 1.54) is 35.0 Å². The van der Waals surface area contributed by atoms with Crippen molar-refractivity contribution in [3.05, 3.63) is 70.0 Å². The number of carboxylic acid groups (broad SMARTS) is 1. The first kappa shape index (κ1) is 21.7. The second kappa shape index (κ2) is 8.41. The number of anilines is 1. The molecule has 0 aliphatic carbocycles. The van der Waals surface area contributed by atoms with E-state index < -0.39 is 28.6 Å². The zero-order valence-electron chi connectivity index (χ0n) is 16.1. The lowest BCUT2D eigenvalue weighted by Gasteiger charge is -2.34. The molecule has 0 saturated carbocycles. The minimum atomic E-state index is -1.41. The number of carbonyl (C=O) groups is 1. The number of hydrogen-bond acceptors (Lipinski definition) is 4. The molecule has 0 unspecified atom stereocenters. The van der Waals surface area contributed by atoms with Gasteiger partial charge in [0.05, 0.1) is 11.2 Å². The number of halogens is 3. The Kier molecular flexibility index (Phi) is 6.09. The van der Waals surface area contributed by atoms with Crippen LogP contribution in [0.3, 0.4) is 0 Å². The molecule has 0 amide bonds. The number of aromatic nitrogens is 1. The molecule has 30 heavy (non-hydrogen) atoms. The smallest absolute Gasteiger partial charge is 0.341 e. The van der Waals surface area contributed by atoms with E-state index in [1.54, 1.807) is 6.07 Å². The maximum atomic E-state index is 14.9. The number of benzene rings is 2. The summed E-state index contributed by atoms with van der Waals surface area (Å²) in [5.74, 6) is -2.43. The average Bonchev–Trinajstić information content (AvgIpc) is 2.70. The Bertz CT molecular complexity index is 1160. The normalized spacial score (nSPS) is 14.6. The van der Waals surface area contributed by atoms with Crippen LogP contribution in [0.4, 0.5) is 14.5 Å². The maximum Gasteiger partial charge on any atom is 0.341 e. The van der Waals surface area contributed by atoms with E-state index in [0.717, 1.165) is 19.2 Å². The van der Waals surface area contributed by atoms with Gasteiger partial charge in [0, 0.05) is 43.4 Å². The van der Waals surface area contributed by atoms with Gasteiger partial charge in [-0.15, -0.1) is 0 Å². The van der Waals surface area contributed by atoms with Crippen LogP contribution in [-0.2, 0) is 0 Å². The fourth-order valence-corrected chi connectivity index (χ4v) is 3.59. The first-order valence-corrected chi connectivity index (χ1v) is 9.17. The van der Waals surface area contributed by atoms with Gasteiger partial charge in [-0.05, 0) is 43.4 Å². The number of piperazine rings is 1. The van der Waals surface area contributed by atoms with Crippen LogP contribution in [0.2, 0.25) is 0 Å². The van der Waals surface area contributed by atoms with E-state index in [-0.39, 0.29) is 17.8 Å². The molecule has 1 aromatic heterocycles. The molecule has 1 fully saturated rings. The van der Waals surface area contributed by atoms with Crippen molar-refractivity contribution < 1.29 is 31.1 Å². The molecular weight excluding hydrogens is 416 g/mol. The Hall–Kier alpha value is -2.97. The molecule has 158 valence electrons. The molecule has 0 spiro atoms. The van der Waals surface area contributed by atoms with Crippen molar-refractivity contribution in [1.29, 1.82) is 0 Å². The number of likely N-dealkylation sites (N-methyl/N-ethyl adjacent to an activating group) is 1. The Morgan fingerprint density at radius 2 is 1.67 bits per heavy atom. The van der Waals surface area contributed by atoms with E-state index in [9.17, 15) is 23.5 Å². The molecule has 0 bridgehead atoms. The van der Waals surface area contributed by atoms with Gasteiger partial charge in [-0.3, -0.25) is 4.79 Å². The monoisotopic (exact) mass is 434 g/mol. The molecule has 1 aliphatic heterocycles. The van der Waals surface area contributed by atoms with Crippen molar-refractivity contribution in [3.63, 3.8) is 0 Å². The number of nitrogens with zero attached hydrogens (tertiary/aromatic N) is 3. The first-order chi connectivity index (χ1) is 13.8. The van der Waals surface area contributed by atoms with Crippen molar-refractivity contribution in [2.45, 2.75) is 0 Å². The van der Waals surface area contributed by atoms with Crippen LogP contribution in [0, 0.1) is 11.6 Å². The van der Waals surface area contributed by atoms with Gasteiger partial charge < -0.3 is 31.9 Å². The number of pyridine rings is 1. The van der Waals surface area contributed by atoms with Gasteiger partial charge in [-0.1, -0.05) is 0 Å². The number of fused-ring (bicyclic) bond motifs is 1.